The lowest BCUT2D eigenvalue weighted by Gasteiger charge is -2.26. The van der Waals surface area contributed by atoms with E-state index in [1.54, 1.807) is 36.4 Å². The molecule has 18 nitrogen and oxygen atoms in total. The van der Waals surface area contributed by atoms with Crippen LogP contribution in [0.5, 0.6) is 5.75 Å². The summed E-state index contributed by atoms with van der Waals surface area (Å²) in [5.41, 5.74) is 1.50. The third kappa shape index (κ3) is 14.6. The number of hydrogen-bond donors (Lipinski definition) is 8. The molecule has 4 unspecified atom stereocenters. The number of nitrogens with zero attached hydrogens (tertiary/aromatic N) is 1. The van der Waals surface area contributed by atoms with Crippen LogP contribution in [0.25, 0.3) is 0 Å². The van der Waals surface area contributed by atoms with Crippen LogP contribution in [0.1, 0.15) is 36.1 Å². The van der Waals surface area contributed by atoms with Gasteiger partial charge >= 0.3 is 18.0 Å². The van der Waals surface area contributed by atoms with Gasteiger partial charge in [0, 0.05) is 36.6 Å². The number of aliphatic carboxylic acids is 2. The first kappa shape index (κ1) is 43.7. The Labute approximate surface area is 332 Å². The molecule has 4 rings (SSSR count). The van der Waals surface area contributed by atoms with Gasteiger partial charge in [0.1, 0.15) is 30.5 Å². The Balaban J connectivity index is 1.55. The second kappa shape index (κ2) is 21.3. The van der Waals surface area contributed by atoms with Crippen LogP contribution in [0, 0.1) is 0 Å². The van der Waals surface area contributed by atoms with Gasteiger partial charge in [-0.25, -0.2) is 18.2 Å². The second-order valence-corrected chi connectivity index (χ2v) is 14.7. The van der Waals surface area contributed by atoms with Crippen molar-refractivity contribution in [2.24, 2.45) is 0 Å². The number of sulfone groups is 1. The highest BCUT2D eigenvalue weighted by atomic mass is 32.2. The molecule has 0 aliphatic heterocycles. The molecule has 0 aliphatic rings. The van der Waals surface area contributed by atoms with Crippen molar-refractivity contribution >= 4 is 45.6 Å². The normalized spacial score (nSPS) is 13.3. The third-order valence-electron chi connectivity index (χ3n) is 8.37. The predicted molar refractivity (Wildman–Crippen MR) is 205 cm³/mol. The van der Waals surface area contributed by atoms with E-state index in [0.717, 1.165) is 11.5 Å². The first-order chi connectivity index (χ1) is 27.7. The number of carbonyl (C=O) groups is 6. The number of H-pyrrole nitrogens is 1. The van der Waals surface area contributed by atoms with E-state index >= 15 is 0 Å². The summed E-state index contributed by atoms with van der Waals surface area (Å²) in [7, 11) is -4.04. The minimum atomic E-state index is -4.04. The smallest absolute Gasteiger partial charge is 0.408 e. The number of aromatic hydroxyl groups is 1. The van der Waals surface area contributed by atoms with Gasteiger partial charge in [0.2, 0.25) is 17.7 Å². The molecule has 306 valence electrons. The molecule has 19 heteroatoms. The first-order valence-electron chi connectivity index (χ1n) is 17.7. The van der Waals surface area contributed by atoms with E-state index < -0.39 is 89.0 Å². The maximum Gasteiger partial charge on any atom is 0.408 e. The number of alkyl carbamates (subject to hydrolysis) is 1. The van der Waals surface area contributed by atoms with Gasteiger partial charge in [-0.15, -0.1) is 0 Å². The fourth-order valence-electron chi connectivity index (χ4n) is 5.42. The number of aromatic nitrogens is 2. The summed E-state index contributed by atoms with van der Waals surface area (Å²) in [6.07, 6.45) is 0.468. The van der Waals surface area contributed by atoms with Crippen LogP contribution in [0.2, 0.25) is 0 Å². The summed E-state index contributed by atoms with van der Waals surface area (Å²) in [6.45, 7) is -0.129. The van der Waals surface area contributed by atoms with E-state index in [9.17, 15) is 52.5 Å². The van der Waals surface area contributed by atoms with Crippen LogP contribution < -0.4 is 21.3 Å². The Morgan fingerprint density at radius 2 is 1.33 bits per heavy atom. The molecule has 0 radical (unpaired) electrons. The summed E-state index contributed by atoms with van der Waals surface area (Å²) in [5.74, 6) is -5.63. The Morgan fingerprint density at radius 3 is 1.95 bits per heavy atom. The summed E-state index contributed by atoms with van der Waals surface area (Å²) in [6, 6.07) is 15.9. The number of benzene rings is 3. The van der Waals surface area contributed by atoms with Gasteiger partial charge in [0.05, 0.1) is 23.7 Å². The number of hydrogen-bond acceptors (Lipinski definition) is 11. The topological polar surface area (TPSA) is 283 Å². The minimum Gasteiger partial charge on any atom is -0.508 e. The van der Waals surface area contributed by atoms with Crippen molar-refractivity contribution in [2.45, 2.75) is 67.8 Å². The monoisotopic (exact) mass is 818 g/mol. The number of amides is 4. The molecule has 3 aromatic carbocycles. The highest BCUT2D eigenvalue weighted by molar-refractivity contribution is 7.94. The average Bonchev–Trinajstić information content (AvgIpc) is 3.71. The molecular formula is C39H42N6O12S. The number of carboxylic acid groups (broad SMARTS) is 2. The van der Waals surface area contributed by atoms with E-state index in [0.29, 0.717) is 16.8 Å². The zero-order valence-corrected chi connectivity index (χ0v) is 31.6. The standard InChI is InChI=1S/C39H42N6O12S/c46-29-13-11-25(12-14-29)19-32(45-39(54)57-23-26-7-3-1-4-8-26)38(53)43-31(15-16-34(47)48)36(51)44-33(20-28-22-40-24-41-28)37(52)42-27(21-35(49)50)17-18-58(55,56)30-9-5-2-6-10-30/h1-14,17-18,22,24,27,31-33,46H,15-16,19-21,23H2,(H,40,41)(H,42,52)(H,43,53)(H,44,51)(H,45,54)(H,47,48)(H,49,50). The van der Waals surface area contributed by atoms with E-state index in [-0.39, 0.29) is 30.1 Å². The van der Waals surface area contributed by atoms with Crippen LogP contribution >= 0.6 is 0 Å². The van der Waals surface area contributed by atoms with E-state index in [2.05, 4.69) is 31.2 Å². The van der Waals surface area contributed by atoms with Crippen molar-refractivity contribution in [3.05, 3.63) is 126 Å². The number of ether oxygens (including phenoxy) is 1. The molecule has 0 saturated carbocycles. The number of imidazole rings is 1. The fourth-order valence-corrected chi connectivity index (χ4v) is 6.51. The predicted octanol–water partition coefficient (Wildman–Crippen LogP) is 1.98. The highest BCUT2D eigenvalue weighted by Gasteiger charge is 2.32. The summed E-state index contributed by atoms with van der Waals surface area (Å²) in [4.78, 5) is 84.2. The molecule has 8 N–H and O–H groups in total. The van der Waals surface area contributed by atoms with Gasteiger partial charge in [-0.3, -0.25) is 24.0 Å². The van der Waals surface area contributed by atoms with Crippen LogP contribution in [-0.2, 0) is 58.0 Å². The van der Waals surface area contributed by atoms with Crippen molar-refractivity contribution < 1.29 is 57.2 Å². The maximum atomic E-state index is 13.9. The highest BCUT2D eigenvalue weighted by Crippen LogP contribution is 2.14. The van der Waals surface area contributed by atoms with E-state index in [4.69, 9.17) is 4.74 Å². The molecule has 4 amide bonds. The van der Waals surface area contributed by atoms with Crippen molar-refractivity contribution in [3.63, 3.8) is 0 Å². The van der Waals surface area contributed by atoms with Gasteiger partial charge in [-0.05, 0) is 47.9 Å². The number of phenols is 1. The molecule has 0 fully saturated rings. The van der Waals surface area contributed by atoms with Gasteiger partial charge < -0.3 is 46.3 Å². The Morgan fingerprint density at radius 1 is 0.724 bits per heavy atom. The molecule has 1 heterocycles. The van der Waals surface area contributed by atoms with Crippen LogP contribution in [-0.4, -0.2) is 93.6 Å². The molecular weight excluding hydrogens is 777 g/mol. The summed E-state index contributed by atoms with van der Waals surface area (Å²) in [5, 5.41) is 39.3. The molecule has 1 aromatic heterocycles. The molecule has 4 atom stereocenters. The van der Waals surface area contributed by atoms with Crippen molar-refractivity contribution in [1.29, 1.82) is 0 Å². The zero-order valence-electron chi connectivity index (χ0n) is 30.8. The quantitative estimate of drug-likeness (QED) is 0.0598. The number of phenolic OH excluding ortho intramolecular Hbond substituents is 1. The Kier molecular flexibility index (Phi) is 16.1. The molecule has 0 saturated heterocycles. The average molecular weight is 819 g/mol. The molecule has 0 bridgehead atoms. The number of rotatable bonds is 21. The van der Waals surface area contributed by atoms with Crippen molar-refractivity contribution in [2.75, 3.05) is 0 Å². The van der Waals surface area contributed by atoms with Gasteiger partial charge in [-0.1, -0.05) is 60.7 Å². The lowest BCUT2D eigenvalue weighted by atomic mass is 10.0. The van der Waals surface area contributed by atoms with Crippen LogP contribution in [0.3, 0.4) is 0 Å². The summed E-state index contributed by atoms with van der Waals surface area (Å²) < 4.78 is 31.0. The van der Waals surface area contributed by atoms with Crippen LogP contribution in [0.4, 0.5) is 4.79 Å². The first-order valence-corrected chi connectivity index (χ1v) is 19.3. The van der Waals surface area contributed by atoms with Gasteiger partial charge in [0.15, 0.2) is 9.84 Å². The van der Waals surface area contributed by atoms with Crippen molar-refractivity contribution in [1.82, 2.24) is 31.2 Å². The fraction of sp³-hybridized carbons (Fsp3) is 0.256. The number of nitrogens with one attached hydrogen (secondary N) is 5. The number of carboxylic acids is 2. The number of aromatic amines is 1. The Bertz CT molecular complexity index is 2150. The Hall–Kier alpha value is -7.02. The summed E-state index contributed by atoms with van der Waals surface area (Å²) >= 11 is 0. The van der Waals surface area contributed by atoms with E-state index in [1.165, 1.54) is 61.1 Å². The molecule has 0 aliphatic carbocycles. The lowest BCUT2D eigenvalue weighted by molar-refractivity contribution is -0.139. The lowest BCUT2D eigenvalue weighted by Crippen LogP contribution is -2.58. The van der Waals surface area contributed by atoms with Crippen LogP contribution in [0.15, 0.2) is 114 Å². The largest absolute Gasteiger partial charge is 0.508 e. The SMILES string of the molecule is O=C(O)CCC(NC(=O)C(Cc1ccc(O)cc1)NC(=O)OCc1ccccc1)C(=O)NC(Cc1cnc[nH]1)C(=O)NC(C=CS(=O)(=O)c1ccccc1)CC(=O)O. The molecule has 4 aromatic rings. The maximum absolute atomic E-state index is 13.9. The molecule has 0 spiro atoms. The minimum absolute atomic E-state index is 0.0540. The van der Waals surface area contributed by atoms with Gasteiger partial charge in [-0.2, -0.15) is 0 Å². The number of carbonyl (C=O) groups excluding carboxylic acids is 4. The molecule has 58 heavy (non-hydrogen) atoms. The van der Waals surface area contributed by atoms with E-state index in [1.807, 2.05) is 0 Å². The second-order valence-electron chi connectivity index (χ2n) is 12.9. The van der Waals surface area contributed by atoms with Gasteiger partial charge in [0.25, 0.3) is 0 Å². The van der Waals surface area contributed by atoms with Crippen molar-refractivity contribution in [3.8, 4) is 5.75 Å². The third-order valence-corrected chi connectivity index (χ3v) is 9.82. The zero-order chi connectivity index (χ0) is 42.1.